The molecule has 1 aromatic rings. The van der Waals surface area contributed by atoms with E-state index >= 15 is 0 Å². The van der Waals surface area contributed by atoms with Gasteiger partial charge in [-0.1, -0.05) is 18.2 Å². The molecule has 2 heterocycles. The lowest BCUT2D eigenvalue weighted by Gasteiger charge is -2.25. The summed E-state index contributed by atoms with van der Waals surface area (Å²) >= 11 is 0. The predicted octanol–water partition coefficient (Wildman–Crippen LogP) is 2.89. The number of benzene rings is 1. The lowest BCUT2D eigenvalue weighted by atomic mass is 9.86. The van der Waals surface area contributed by atoms with Crippen molar-refractivity contribution in [3.8, 4) is 0 Å². The van der Waals surface area contributed by atoms with E-state index in [1.165, 1.54) is 43.6 Å². The Kier molecular flexibility index (Phi) is 3.06. The van der Waals surface area contributed by atoms with Crippen molar-refractivity contribution < 1.29 is 0 Å². The Labute approximate surface area is 104 Å². The maximum absolute atomic E-state index is 3.59. The highest BCUT2D eigenvalue weighted by molar-refractivity contribution is 5.62. The molecule has 2 heteroatoms. The zero-order valence-corrected chi connectivity index (χ0v) is 10.6. The van der Waals surface area contributed by atoms with Crippen LogP contribution in [0.2, 0.25) is 0 Å². The summed E-state index contributed by atoms with van der Waals surface area (Å²) in [5.74, 6) is 1.61. The normalized spacial score (nSPS) is 27.6. The van der Waals surface area contributed by atoms with Gasteiger partial charge in [0.15, 0.2) is 0 Å². The highest BCUT2D eigenvalue weighted by Crippen LogP contribution is 2.38. The molecule has 2 nitrogen and oxygen atoms in total. The Morgan fingerprint density at radius 1 is 1.29 bits per heavy atom. The molecular formula is C15H22N2. The first-order chi connectivity index (χ1) is 8.34. The van der Waals surface area contributed by atoms with Crippen LogP contribution in [0.25, 0.3) is 0 Å². The average Bonchev–Trinajstić information content (AvgIpc) is 2.76. The van der Waals surface area contributed by atoms with Gasteiger partial charge in [0, 0.05) is 18.2 Å². The maximum Gasteiger partial charge on any atom is 0.0406 e. The zero-order valence-electron chi connectivity index (χ0n) is 10.6. The van der Waals surface area contributed by atoms with Gasteiger partial charge in [0.2, 0.25) is 0 Å². The Balaban J connectivity index is 1.72. The van der Waals surface area contributed by atoms with Crippen LogP contribution in [0, 0.1) is 12.8 Å². The third-order valence-corrected chi connectivity index (χ3v) is 4.29. The van der Waals surface area contributed by atoms with Gasteiger partial charge in [0.05, 0.1) is 0 Å². The van der Waals surface area contributed by atoms with Gasteiger partial charge < -0.3 is 10.6 Å². The van der Waals surface area contributed by atoms with Crippen LogP contribution in [0.1, 0.15) is 36.3 Å². The Bertz CT molecular complexity index is 394. The fraction of sp³-hybridized carbons (Fsp3) is 0.600. The lowest BCUT2D eigenvalue weighted by Crippen LogP contribution is -2.30. The van der Waals surface area contributed by atoms with Crippen LogP contribution < -0.4 is 10.6 Å². The largest absolute Gasteiger partial charge is 0.384 e. The fourth-order valence-electron chi connectivity index (χ4n) is 3.35. The first kappa shape index (κ1) is 11.1. The molecule has 0 radical (unpaired) electrons. The van der Waals surface area contributed by atoms with Gasteiger partial charge in [0.25, 0.3) is 0 Å². The SMILES string of the molecule is Cc1cccc2c1NCC2C[C@H]1CCCNC1. The van der Waals surface area contributed by atoms with E-state index in [1.54, 1.807) is 5.56 Å². The topological polar surface area (TPSA) is 24.1 Å². The summed E-state index contributed by atoms with van der Waals surface area (Å²) < 4.78 is 0. The van der Waals surface area contributed by atoms with Crippen molar-refractivity contribution in [3.05, 3.63) is 29.3 Å². The van der Waals surface area contributed by atoms with Crippen LogP contribution in [0.15, 0.2) is 18.2 Å². The highest BCUT2D eigenvalue weighted by atomic mass is 14.9. The van der Waals surface area contributed by atoms with Crippen LogP contribution in [0.3, 0.4) is 0 Å². The molecule has 0 aromatic heterocycles. The van der Waals surface area contributed by atoms with Crippen molar-refractivity contribution in [3.63, 3.8) is 0 Å². The molecule has 2 aliphatic heterocycles. The van der Waals surface area contributed by atoms with Gasteiger partial charge >= 0.3 is 0 Å². The third-order valence-electron chi connectivity index (χ3n) is 4.29. The molecule has 0 aliphatic carbocycles. The molecule has 2 atom stereocenters. The molecule has 0 saturated carbocycles. The molecule has 1 unspecified atom stereocenters. The van der Waals surface area contributed by atoms with E-state index in [-0.39, 0.29) is 0 Å². The first-order valence-electron chi connectivity index (χ1n) is 6.88. The standard InChI is InChI=1S/C15H22N2/c1-11-4-2-6-14-13(10-17-15(11)14)8-12-5-3-7-16-9-12/h2,4,6,12-13,16-17H,3,5,7-10H2,1H3/t12-,13?/m1/s1. The van der Waals surface area contributed by atoms with Crippen molar-refractivity contribution >= 4 is 5.69 Å². The van der Waals surface area contributed by atoms with Gasteiger partial charge in [-0.3, -0.25) is 0 Å². The monoisotopic (exact) mass is 230 g/mol. The van der Waals surface area contributed by atoms with Gasteiger partial charge in [0.1, 0.15) is 0 Å². The van der Waals surface area contributed by atoms with Crippen molar-refractivity contribution in [2.24, 2.45) is 5.92 Å². The minimum absolute atomic E-state index is 0.731. The summed E-state index contributed by atoms with van der Waals surface area (Å²) in [6.45, 7) is 5.78. The number of anilines is 1. The van der Waals surface area contributed by atoms with Crippen LogP contribution >= 0.6 is 0 Å². The Hall–Kier alpha value is -1.02. The molecule has 2 N–H and O–H groups in total. The minimum Gasteiger partial charge on any atom is -0.384 e. The molecule has 0 spiro atoms. The third kappa shape index (κ3) is 2.19. The van der Waals surface area contributed by atoms with E-state index in [4.69, 9.17) is 0 Å². The number of hydrogen-bond acceptors (Lipinski definition) is 2. The molecule has 92 valence electrons. The molecule has 0 amide bonds. The second kappa shape index (κ2) is 4.69. The second-order valence-electron chi connectivity index (χ2n) is 5.57. The number of piperidine rings is 1. The Morgan fingerprint density at radius 2 is 2.24 bits per heavy atom. The van der Waals surface area contributed by atoms with Crippen molar-refractivity contribution in [1.29, 1.82) is 0 Å². The van der Waals surface area contributed by atoms with Gasteiger partial charge in [-0.2, -0.15) is 0 Å². The number of hydrogen-bond donors (Lipinski definition) is 2. The molecule has 0 bridgehead atoms. The second-order valence-corrected chi connectivity index (χ2v) is 5.57. The molecule has 3 rings (SSSR count). The number of rotatable bonds is 2. The van der Waals surface area contributed by atoms with E-state index in [0.29, 0.717) is 0 Å². The molecule has 2 aliphatic rings. The lowest BCUT2D eigenvalue weighted by molar-refractivity contribution is 0.340. The summed E-state index contributed by atoms with van der Waals surface area (Å²) in [5.41, 5.74) is 4.35. The van der Waals surface area contributed by atoms with E-state index in [0.717, 1.165) is 18.4 Å². The smallest absolute Gasteiger partial charge is 0.0406 e. The summed E-state index contributed by atoms with van der Waals surface area (Å²) in [7, 11) is 0. The number of fused-ring (bicyclic) bond motifs is 1. The van der Waals surface area contributed by atoms with E-state index < -0.39 is 0 Å². The molecular weight excluding hydrogens is 208 g/mol. The van der Waals surface area contributed by atoms with Gasteiger partial charge in [-0.25, -0.2) is 0 Å². The van der Waals surface area contributed by atoms with Crippen LogP contribution in [0.4, 0.5) is 5.69 Å². The molecule has 1 aromatic carbocycles. The fourth-order valence-corrected chi connectivity index (χ4v) is 3.35. The van der Waals surface area contributed by atoms with Crippen LogP contribution in [-0.2, 0) is 0 Å². The van der Waals surface area contributed by atoms with Crippen molar-refractivity contribution in [1.82, 2.24) is 5.32 Å². The number of nitrogens with one attached hydrogen (secondary N) is 2. The summed E-state index contributed by atoms with van der Waals surface area (Å²) in [6, 6.07) is 6.72. The summed E-state index contributed by atoms with van der Waals surface area (Å²) in [5, 5.41) is 7.11. The molecule has 1 fully saturated rings. The predicted molar refractivity (Wildman–Crippen MR) is 72.6 cm³/mol. The van der Waals surface area contributed by atoms with Crippen LogP contribution in [-0.4, -0.2) is 19.6 Å². The first-order valence-corrected chi connectivity index (χ1v) is 6.88. The van der Waals surface area contributed by atoms with Gasteiger partial charge in [-0.15, -0.1) is 0 Å². The quantitative estimate of drug-likeness (QED) is 0.816. The average molecular weight is 230 g/mol. The van der Waals surface area contributed by atoms with Gasteiger partial charge in [-0.05, 0) is 56.3 Å². The highest BCUT2D eigenvalue weighted by Gasteiger charge is 2.26. The van der Waals surface area contributed by atoms with E-state index in [1.807, 2.05) is 0 Å². The molecule has 17 heavy (non-hydrogen) atoms. The number of aryl methyl sites for hydroxylation is 1. The van der Waals surface area contributed by atoms with Crippen molar-refractivity contribution in [2.75, 3.05) is 25.0 Å². The summed E-state index contributed by atoms with van der Waals surface area (Å²) in [4.78, 5) is 0. The summed E-state index contributed by atoms with van der Waals surface area (Å²) in [6.07, 6.45) is 4.10. The maximum atomic E-state index is 3.59. The van der Waals surface area contributed by atoms with E-state index in [2.05, 4.69) is 35.8 Å². The zero-order chi connectivity index (χ0) is 11.7. The number of para-hydroxylation sites is 1. The van der Waals surface area contributed by atoms with E-state index in [9.17, 15) is 0 Å². The van der Waals surface area contributed by atoms with Crippen LogP contribution in [0.5, 0.6) is 0 Å². The minimum atomic E-state index is 0.731. The molecule has 1 saturated heterocycles. The van der Waals surface area contributed by atoms with Crippen molar-refractivity contribution in [2.45, 2.75) is 32.1 Å². The Morgan fingerprint density at radius 3 is 3.06 bits per heavy atom.